The Morgan fingerprint density at radius 1 is 1.27 bits per heavy atom. The number of hydrogen-bond donors (Lipinski definition) is 0. The number of aromatic nitrogens is 3. The van der Waals surface area contributed by atoms with E-state index >= 15 is 0 Å². The van der Waals surface area contributed by atoms with E-state index in [1.807, 2.05) is 13.8 Å². The third-order valence-electron chi connectivity index (χ3n) is 4.25. The van der Waals surface area contributed by atoms with Crippen LogP contribution in [0.1, 0.15) is 37.3 Å². The normalized spacial score (nSPS) is 12.6. The van der Waals surface area contributed by atoms with Crippen molar-refractivity contribution in [2.24, 2.45) is 4.99 Å². The van der Waals surface area contributed by atoms with Gasteiger partial charge in [-0.25, -0.2) is 8.42 Å². The van der Waals surface area contributed by atoms with Crippen LogP contribution >= 0.6 is 11.3 Å². The van der Waals surface area contributed by atoms with Crippen LogP contribution in [0.3, 0.4) is 0 Å². The molecule has 0 aliphatic carbocycles. The molecule has 2 heterocycles. The molecule has 0 saturated carbocycles. The Morgan fingerprint density at radius 2 is 2.00 bits per heavy atom. The number of esters is 1. The lowest BCUT2D eigenvalue weighted by atomic mass is 10.3. The van der Waals surface area contributed by atoms with Gasteiger partial charge in [0, 0.05) is 18.5 Å². The first-order valence-corrected chi connectivity index (χ1v) is 11.9. The number of hydrogen-bond acceptors (Lipinski definition) is 7. The molecule has 1 aromatic carbocycles. The molecule has 2 aromatic heterocycles. The van der Waals surface area contributed by atoms with Gasteiger partial charge in [0.15, 0.2) is 14.6 Å². The second-order valence-corrected chi connectivity index (χ2v) is 9.87. The highest BCUT2D eigenvalue weighted by atomic mass is 32.2. The summed E-state index contributed by atoms with van der Waals surface area (Å²) in [5, 5.41) is 4.15. The molecule has 9 nitrogen and oxygen atoms in total. The van der Waals surface area contributed by atoms with E-state index in [0.29, 0.717) is 15.9 Å². The summed E-state index contributed by atoms with van der Waals surface area (Å²) in [6, 6.07) is 6.13. The van der Waals surface area contributed by atoms with E-state index in [2.05, 4.69) is 10.1 Å². The molecule has 11 heteroatoms. The fourth-order valence-corrected chi connectivity index (χ4v) is 4.69. The van der Waals surface area contributed by atoms with Gasteiger partial charge in [-0.2, -0.15) is 10.1 Å². The highest BCUT2D eigenvalue weighted by Gasteiger charge is 2.17. The van der Waals surface area contributed by atoms with Crippen molar-refractivity contribution in [1.82, 2.24) is 14.3 Å². The minimum atomic E-state index is -3.41. The standard InChI is InChI=1S/C19H22N4O5S2/c1-5-28-17(24)11-22-14-7-6-13(30(4,26)27)10-16(14)29-19(22)21-18(25)15-8-9-20-23(15)12(2)3/h6-10,12H,5,11H2,1-4H3. The molecule has 0 aliphatic heterocycles. The quantitative estimate of drug-likeness (QED) is 0.532. The second-order valence-electron chi connectivity index (χ2n) is 6.85. The smallest absolute Gasteiger partial charge is 0.326 e. The predicted molar refractivity (Wildman–Crippen MR) is 112 cm³/mol. The molecule has 0 aliphatic rings. The number of benzene rings is 1. The molecule has 3 rings (SSSR count). The van der Waals surface area contributed by atoms with Crippen LogP contribution in [0.2, 0.25) is 0 Å². The van der Waals surface area contributed by atoms with Crippen molar-refractivity contribution in [2.75, 3.05) is 12.9 Å². The number of sulfone groups is 1. The molecule has 0 atom stereocenters. The van der Waals surface area contributed by atoms with Crippen LogP contribution in [-0.2, 0) is 25.9 Å². The average molecular weight is 451 g/mol. The van der Waals surface area contributed by atoms with Crippen molar-refractivity contribution in [3.63, 3.8) is 0 Å². The van der Waals surface area contributed by atoms with Gasteiger partial charge in [-0.15, -0.1) is 0 Å². The van der Waals surface area contributed by atoms with Crippen molar-refractivity contribution in [1.29, 1.82) is 0 Å². The highest BCUT2D eigenvalue weighted by Crippen LogP contribution is 2.22. The summed E-state index contributed by atoms with van der Waals surface area (Å²) in [7, 11) is -3.41. The van der Waals surface area contributed by atoms with Crippen LogP contribution in [0.5, 0.6) is 0 Å². The Hall–Kier alpha value is -2.79. The zero-order valence-corrected chi connectivity index (χ0v) is 18.7. The van der Waals surface area contributed by atoms with Crippen molar-refractivity contribution in [2.45, 2.75) is 38.3 Å². The van der Waals surface area contributed by atoms with Crippen LogP contribution in [0.25, 0.3) is 10.2 Å². The maximum Gasteiger partial charge on any atom is 0.326 e. The molecule has 3 aromatic rings. The fraction of sp³-hybridized carbons (Fsp3) is 0.368. The van der Waals surface area contributed by atoms with Gasteiger partial charge in [0.2, 0.25) is 0 Å². The maximum atomic E-state index is 12.8. The number of amides is 1. The molecular formula is C19H22N4O5S2. The van der Waals surface area contributed by atoms with Crippen molar-refractivity contribution in [3.05, 3.63) is 41.0 Å². The van der Waals surface area contributed by atoms with Crippen molar-refractivity contribution in [3.8, 4) is 0 Å². The minimum absolute atomic E-state index is 0.0273. The number of ether oxygens (including phenoxy) is 1. The Bertz CT molecular complexity index is 1280. The number of thiazole rings is 1. The van der Waals surface area contributed by atoms with E-state index in [-0.39, 0.29) is 28.9 Å². The second kappa shape index (κ2) is 8.52. The van der Waals surface area contributed by atoms with Crippen LogP contribution in [-0.4, -0.2) is 47.5 Å². The van der Waals surface area contributed by atoms with Crippen molar-refractivity contribution < 1.29 is 22.7 Å². The molecule has 0 unspecified atom stereocenters. The van der Waals surface area contributed by atoms with Crippen LogP contribution in [0, 0.1) is 0 Å². The van der Waals surface area contributed by atoms with Gasteiger partial charge in [-0.05, 0) is 45.0 Å². The third-order valence-corrected chi connectivity index (χ3v) is 6.40. The Kier molecular flexibility index (Phi) is 6.22. The first-order chi connectivity index (χ1) is 14.1. The summed E-state index contributed by atoms with van der Waals surface area (Å²) in [5.74, 6) is -0.987. The van der Waals surface area contributed by atoms with E-state index < -0.39 is 21.7 Å². The SMILES string of the molecule is CCOC(=O)Cn1c(=NC(=O)c2ccnn2C(C)C)sc2cc(S(C)(=O)=O)ccc21. The average Bonchev–Trinajstić information content (AvgIpc) is 3.26. The number of carbonyl (C=O) groups excluding carboxylic acids is 2. The van der Waals surface area contributed by atoms with Gasteiger partial charge in [-0.1, -0.05) is 11.3 Å². The monoisotopic (exact) mass is 450 g/mol. The Balaban J connectivity index is 2.18. The Labute approximate surface area is 177 Å². The largest absolute Gasteiger partial charge is 0.465 e. The van der Waals surface area contributed by atoms with Gasteiger partial charge in [-0.3, -0.25) is 14.3 Å². The van der Waals surface area contributed by atoms with E-state index in [1.54, 1.807) is 28.3 Å². The van der Waals surface area contributed by atoms with E-state index in [4.69, 9.17) is 4.74 Å². The van der Waals surface area contributed by atoms with E-state index in [1.165, 1.54) is 18.3 Å². The first kappa shape index (κ1) is 21.9. The molecule has 0 spiro atoms. The van der Waals surface area contributed by atoms with Gasteiger partial charge in [0.05, 0.1) is 21.7 Å². The summed E-state index contributed by atoms with van der Waals surface area (Å²) >= 11 is 1.13. The molecular weight excluding hydrogens is 428 g/mol. The van der Waals surface area contributed by atoms with Crippen LogP contribution < -0.4 is 4.80 Å². The van der Waals surface area contributed by atoms with Gasteiger partial charge in [0.1, 0.15) is 12.2 Å². The topological polar surface area (TPSA) is 113 Å². The summed E-state index contributed by atoms with van der Waals surface area (Å²) in [4.78, 5) is 29.6. The lowest BCUT2D eigenvalue weighted by Crippen LogP contribution is -2.23. The molecule has 30 heavy (non-hydrogen) atoms. The first-order valence-electron chi connectivity index (χ1n) is 9.23. The van der Waals surface area contributed by atoms with Crippen LogP contribution in [0.4, 0.5) is 0 Å². The molecule has 0 saturated heterocycles. The lowest BCUT2D eigenvalue weighted by Gasteiger charge is -2.08. The summed E-state index contributed by atoms with van der Waals surface area (Å²) in [6.07, 6.45) is 2.65. The summed E-state index contributed by atoms with van der Waals surface area (Å²) in [6.45, 7) is 5.57. The fourth-order valence-electron chi connectivity index (χ4n) is 2.90. The number of rotatable bonds is 6. The maximum absolute atomic E-state index is 12.8. The summed E-state index contributed by atoms with van der Waals surface area (Å²) < 4.78 is 32.5. The lowest BCUT2D eigenvalue weighted by molar-refractivity contribution is -0.143. The molecule has 0 fully saturated rings. The number of fused-ring (bicyclic) bond motifs is 1. The molecule has 160 valence electrons. The van der Waals surface area contributed by atoms with Gasteiger partial charge >= 0.3 is 5.97 Å². The van der Waals surface area contributed by atoms with Gasteiger partial charge in [0.25, 0.3) is 5.91 Å². The third kappa shape index (κ3) is 4.51. The number of nitrogens with zero attached hydrogens (tertiary/aromatic N) is 4. The Morgan fingerprint density at radius 3 is 2.63 bits per heavy atom. The van der Waals surface area contributed by atoms with Crippen molar-refractivity contribution >= 4 is 43.3 Å². The van der Waals surface area contributed by atoms with Gasteiger partial charge < -0.3 is 9.30 Å². The summed E-state index contributed by atoms with van der Waals surface area (Å²) in [5.41, 5.74) is 0.909. The predicted octanol–water partition coefficient (Wildman–Crippen LogP) is 2.19. The zero-order chi connectivity index (χ0) is 22.1. The molecule has 1 amide bonds. The minimum Gasteiger partial charge on any atom is -0.465 e. The van der Waals surface area contributed by atoms with E-state index in [9.17, 15) is 18.0 Å². The zero-order valence-electron chi connectivity index (χ0n) is 17.0. The van der Waals surface area contributed by atoms with E-state index in [0.717, 1.165) is 17.6 Å². The molecule has 0 radical (unpaired) electrons. The van der Waals surface area contributed by atoms with Crippen LogP contribution in [0.15, 0.2) is 40.4 Å². The molecule has 0 N–H and O–H groups in total. The molecule has 0 bridgehead atoms. The number of carbonyl (C=O) groups is 2. The highest BCUT2D eigenvalue weighted by molar-refractivity contribution is 7.90.